The molecule has 124 valence electrons. The first-order valence-electron chi connectivity index (χ1n) is 8.05. The molecule has 0 heterocycles. The smallest absolute Gasteiger partial charge is 0.334 e. The van der Waals surface area contributed by atoms with Crippen LogP contribution in [0.5, 0.6) is 5.75 Å². The molecule has 2 aromatic rings. The van der Waals surface area contributed by atoms with Crippen LogP contribution in [0.4, 0.5) is 0 Å². The molecule has 1 unspecified atom stereocenters. The van der Waals surface area contributed by atoms with E-state index in [4.69, 9.17) is 9.47 Å². The fourth-order valence-electron chi connectivity index (χ4n) is 2.89. The monoisotopic (exact) mass is 322 g/mol. The highest BCUT2D eigenvalue weighted by Crippen LogP contribution is 2.46. The summed E-state index contributed by atoms with van der Waals surface area (Å²) in [6.07, 6.45) is -0.399. The molecule has 0 aliphatic heterocycles. The van der Waals surface area contributed by atoms with Crippen LogP contribution in [0.15, 0.2) is 54.6 Å². The zero-order valence-corrected chi connectivity index (χ0v) is 14.6. The van der Waals surface area contributed by atoms with Crippen molar-refractivity contribution in [2.45, 2.75) is 39.4 Å². The molecule has 0 N–H and O–H groups in total. The Hall–Kier alpha value is -2.55. The SMILES string of the molecule is C=C(C)C(=O)OC1c2ccccc2-c2cc(OC(C)(C)C)ccc21. The molecule has 0 aromatic heterocycles. The lowest BCUT2D eigenvalue weighted by molar-refractivity contribution is -0.142. The third kappa shape index (κ3) is 3.07. The van der Waals surface area contributed by atoms with E-state index in [1.165, 1.54) is 0 Å². The van der Waals surface area contributed by atoms with Gasteiger partial charge in [-0.2, -0.15) is 0 Å². The first kappa shape index (κ1) is 16.3. The summed E-state index contributed by atoms with van der Waals surface area (Å²) < 4.78 is 11.7. The van der Waals surface area contributed by atoms with Gasteiger partial charge in [0.05, 0.1) is 0 Å². The van der Waals surface area contributed by atoms with Crippen molar-refractivity contribution in [1.82, 2.24) is 0 Å². The second-order valence-corrected chi connectivity index (χ2v) is 7.12. The van der Waals surface area contributed by atoms with E-state index in [2.05, 4.69) is 6.58 Å². The summed E-state index contributed by atoms with van der Waals surface area (Å²) in [7, 11) is 0. The van der Waals surface area contributed by atoms with Crippen molar-refractivity contribution < 1.29 is 14.3 Å². The third-order valence-corrected chi connectivity index (χ3v) is 3.84. The molecule has 1 atom stereocenters. The predicted octanol–water partition coefficient (Wildman–Crippen LogP) is 5.05. The summed E-state index contributed by atoms with van der Waals surface area (Å²) in [5, 5.41) is 0. The number of rotatable bonds is 3. The van der Waals surface area contributed by atoms with Crippen molar-refractivity contribution in [3.8, 4) is 16.9 Å². The summed E-state index contributed by atoms with van der Waals surface area (Å²) >= 11 is 0. The summed E-state index contributed by atoms with van der Waals surface area (Å²) in [5.74, 6) is 0.431. The summed E-state index contributed by atoms with van der Waals surface area (Å²) in [6.45, 7) is 11.4. The number of esters is 1. The van der Waals surface area contributed by atoms with Crippen LogP contribution >= 0.6 is 0 Å². The molecule has 3 heteroatoms. The van der Waals surface area contributed by atoms with Gasteiger partial charge in [0.2, 0.25) is 0 Å². The van der Waals surface area contributed by atoms with E-state index in [1.807, 2.05) is 63.2 Å². The molecular formula is C21H22O3. The van der Waals surface area contributed by atoms with Gasteiger partial charge in [0, 0.05) is 16.7 Å². The zero-order chi connectivity index (χ0) is 17.5. The first-order valence-corrected chi connectivity index (χ1v) is 8.05. The molecule has 0 saturated heterocycles. The van der Waals surface area contributed by atoms with Gasteiger partial charge in [0.1, 0.15) is 11.4 Å². The number of benzene rings is 2. The summed E-state index contributed by atoms with van der Waals surface area (Å²) in [6, 6.07) is 13.9. The van der Waals surface area contributed by atoms with Gasteiger partial charge in [-0.05, 0) is 51.0 Å². The van der Waals surface area contributed by atoms with Crippen molar-refractivity contribution in [1.29, 1.82) is 0 Å². The lowest BCUT2D eigenvalue weighted by Gasteiger charge is -2.22. The van der Waals surface area contributed by atoms with E-state index in [-0.39, 0.29) is 11.6 Å². The number of hydrogen-bond donors (Lipinski definition) is 0. The van der Waals surface area contributed by atoms with E-state index in [0.717, 1.165) is 28.0 Å². The van der Waals surface area contributed by atoms with Crippen LogP contribution in [0.3, 0.4) is 0 Å². The van der Waals surface area contributed by atoms with Crippen LogP contribution in [0.25, 0.3) is 11.1 Å². The van der Waals surface area contributed by atoms with E-state index in [9.17, 15) is 4.79 Å². The Morgan fingerprint density at radius 3 is 2.38 bits per heavy atom. The average Bonchev–Trinajstić information content (AvgIpc) is 2.80. The van der Waals surface area contributed by atoms with Gasteiger partial charge in [-0.15, -0.1) is 0 Å². The highest BCUT2D eigenvalue weighted by atomic mass is 16.5. The maximum absolute atomic E-state index is 12.0. The fraction of sp³-hybridized carbons (Fsp3) is 0.286. The van der Waals surface area contributed by atoms with Gasteiger partial charge in [0.15, 0.2) is 6.10 Å². The molecule has 0 radical (unpaired) electrons. The molecule has 3 rings (SSSR count). The van der Waals surface area contributed by atoms with Crippen molar-refractivity contribution >= 4 is 5.97 Å². The Morgan fingerprint density at radius 1 is 1.04 bits per heavy atom. The third-order valence-electron chi connectivity index (χ3n) is 3.84. The van der Waals surface area contributed by atoms with Crippen molar-refractivity contribution in [2.24, 2.45) is 0 Å². The van der Waals surface area contributed by atoms with Gasteiger partial charge in [-0.1, -0.05) is 36.9 Å². The highest BCUT2D eigenvalue weighted by Gasteiger charge is 2.32. The van der Waals surface area contributed by atoms with Crippen molar-refractivity contribution in [2.75, 3.05) is 0 Å². The van der Waals surface area contributed by atoms with E-state index < -0.39 is 6.10 Å². The molecule has 2 aromatic carbocycles. The molecule has 0 bridgehead atoms. The Morgan fingerprint density at radius 2 is 1.71 bits per heavy atom. The number of hydrogen-bond acceptors (Lipinski definition) is 3. The maximum atomic E-state index is 12.0. The molecule has 0 fully saturated rings. The van der Waals surface area contributed by atoms with Gasteiger partial charge >= 0.3 is 5.97 Å². The van der Waals surface area contributed by atoms with Crippen LogP contribution < -0.4 is 4.74 Å². The largest absolute Gasteiger partial charge is 0.488 e. The number of carbonyl (C=O) groups excluding carboxylic acids is 1. The average molecular weight is 322 g/mol. The van der Waals surface area contributed by atoms with E-state index >= 15 is 0 Å². The van der Waals surface area contributed by atoms with Gasteiger partial charge in [-0.3, -0.25) is 0 Å². The molecular weight excluding hydrogens is 300 g/mol. The van der Waals surface area contributed by atoms with Crippen molar-refractivity contribution in [3.63, 3.8) is 0 Å². The normalized spacial score (nSPS) is 15.4. The highest BCUT2D eigenvalue weighted by molar-refractivity contribution is 5.88. The Kier molecular flexibility index (Phi) is 3.96. The Labute approximate surface area is 142 Å². The van der Waals surface area contributed by atoms with Crippen LogP contribution in [-0.2, 0) is 9.53 Å². The van der Waals surface area contributed by atoms with Crippen molar-refractivity contribution in [3.05, 3.63) is 65.7 Å². The number of fused-ring (bicyclic) bond motifs is 3. The topological polar surface area (TPSA) is 35.5 Å². The van der Waals surface area contributed by atoms with Gasteiger partial charge in [0.25, 0.3) is 0 Å². The Balaban J connectivity index is 2.05. The van der Waals surface area contributed by atoms with Gasteiger partial charge < -0.3 is 9.47 Å². The summed E-state index contributed by atoms with van der Waals surface area (Å²) in [4.78, 5) is 12.0. The molecule has 0 saturated carbocycles. The van der Waals surface area contributed by atoms with Crippen LogP contribution in [0, 0.1) is 0 Å². The quantitative estimate of drug-likeness (QED) is 0.586. The van der Waals surface area contributed by atoms with E-state index in [1.54, 1.807) is 6.92 Å². The fourth-order valence-corrected chi connectivity index (χ4v) is 2.89. The molecule has 24 heavy (non-hydrogen) atoms. The minimum Gasteiger partial charge on any atom is -0.488 e. The molecule has 3 nitrogen and oxygen atoms in total. The molecule has 1 aliphatic carbocycles. The van der Waals surface area contributed by atoms with Crippen LogP contribution in [-0.4, -0.2) is 11.6 Å². The number of carbonyl (C=O) groups is 1. The lowest BCUT2D eigenvalue weighted by atomic mass is 10.1. The van der Waals surface area contributed by atoms with Crippen LogP contribution in [0.2, 0.25) is 0 Å². The van der Waals surface area contributed by atoms with Crippen LogP contribution in [0.1, 0.15) is 44.9 Å². The molecule has 0 spiro atoms. The zero-order valence-electron chi connectivity index (χ0n) is 14.6. The molecule has 1 aliphatic rings. The van der Waals surface area contributed by atoms with Gasteiger partial charge in [-0.25, -0.2) is 4.79 Å². The Bertz CT molecular complexity index is 812. The second-order valence-electron chi connectivity index (χ2n) is 7.12. The molecule has 0 amide bonds. The minimum atomic E-state index is -0.399. The minimum absolute atomic E-state index is 0.266. The lowest BCUT2D eigenvalue weighted by Crippen LogP contribution is -2.22. The first-order chi connectivity index (χ1) is 11.3. The summed E-state index contributed by atoms with van der Waals surface area (Å²) in [5.41, 5.74) is 4.23. The standard InChI is InChI=1S/C21H22O3/c1-13(2)20(22)23-19-16-9-7-6-8-15(16)18-12-14(10-11-17(18)19)24-21(3,4)5/h6-12,19H,1H2,2-5H3. The maximum Gasteiger partial charge on any atom is 0.334 e. The predicted molar refractivity (Wildman–Crippen MR) is 95.0 cm³/mol. The second kappa shape index (κ2) is 5.82. The van der Waals surface area contributed by atoms with E-state index in [0.29, 0.717) is 5.57 Å². The number of ether oxygens (including phenoxy) is 2.